The molecule has 0 spiro atoms. The molecule has 8 heteroatoms. The number of thiazole rings is 1. The number of rotatable bonds is 9. The standard InChI is InChI=1S/C23H25N3O4S/c1-15(27)24-13-16-4-7-18(8-5-16)21-14-31-23(25-21)26-22(28)9-6-17-10-19(29-2)12-20(11-17)30-3/h4-5,7-8,10-12,14H,6,9,13H2,1-3H3,(H,24,27)(H,25,26,28). The molecule has 3 rings (SSSR count). The van der Waals surface area contributed by atoms with Crippen molar-refractivity contribution in [1.82, 2.24) is 10.3 Å². The zero-order chi connectivity index (χ0) is 22.2. The largest absolute Gasteiger partial charge is 0.497 e. The molecule has 2 amide bonds. The molecule has 0 bridgehead atoms. The van der Waals surface area contributed by atoms with E-state index in [-0.39, 0.29) is 11.8 Å². The number of nitrogens with zero attached hydrogens (tertiary/aromatic N) is 1. The maximum Gasteiger partial charge on any atom is 0.226 e. The topological polar surface area (TPSA) is 89.5 Å². The van der Waals surface area contributed by atoms with Crippen LogP contribution in [0.1, 0.15) is 24.5 Å². The monoisotopic (exact) mass is 439 g/mol. The number of hydrogen-bond acceptors (Lipinski definition) is 6. The number of methoxy groups -OCH3 is 2. The molecule has 162 valence electrons. The second-order valence-corrected chi connectivity index (χ2v) is 7.77. The van der Waals surface area contributed by atoms with Gasteiger partial charge >= 0.3 is 0 Å². The van der Waals surface area contributed by atoms with Gasteiger partial charge in [0.15, 0.2) is 5.13 Å². The Bertz CT molecular complexity index is 1020. The maximum atomic E-state index is 12.4. The fourth-order valence-corrected chi connectivity index (χ4v) is 3.67. The van der Waals surface area contributed by atoms with Gasteiger partial charge in [0, 0.05) is 36.9 Å². The Balaban J connectivity index is 1.56. The zero-order valence-corrected chi connectivity index (χ0v) is 18.5. The van der Waals surface area contributed by atoms with Crippen LogP contribution in [-0.2, 0) is 22.6 Å². The summed E-state index contributed by atoms with van der Waals surface area (Å²) in [6.07, 6.45) is 0.885. The van der Waals surface area contributed by atoms with Gasteiger partial charge in [-0.15, -0.1) is 11.3 Å². The normalized spacial score (nSPS) is 10.4. The van der Waals surface area contributed by atoms with Crippen LogP contribution < -0.4 is 20.1 Å². The Kier molecular flexibility index (Phi) is 7.61. The average molecular weight is 440 g/mol. The summed E-state index contributed by atoms with van der Waals surface area (Å²) in [7, 11) is 3.20. The van der Waals surface area contributed by atoms with E-state index in [0.29, 0.717) is 36.0 Å². The Morgan fingerprint density at radius 1 is 1.00 bits per heavy atom. The van der Waals surface area contributed by atoms with E-state index in [4.69, 9.17) is 9.47 Å². The molecular weight excluding hydrogens is 414 g/mol. The van der Waals surface area contributed by atoms with Gasteiger partial charge in [-0.05, 0) is 29.7 Å². The molecule has 0 aliphatic heterocycles. The average Bonchev–Trinajstić information content (AvgIpc) is 3.24. The number of ether oxygens (including phenoxy) is 2. The smallest absolute Gasteiger partial charge is 0.226 e. The van der Waals surface area contributed by atoms with Crippen LogP contribution in [-0.4, -0.2) is 31.0 Å². The van der Waals surface area contributed by atoms with Crippen molar-refractivity contribution in [3.8, 4) is 22.8 Å². The number of benzene rings is 2. The van der Waals surface area contributed by atoms with E-state index in [0.717, 1.165) is 22.4 Å². The number of hydrogen-bond donors (Lipinski definition) is 2. The minimum atomic E-state index is -0.103. The molecule has 0 aliphatic rings. The Morgan fingerprint density at radius 3 is 2.29 bits per heavy atom. The second-order valence-electron chi connectivity index (χ2n) is 6.91. The first-order valence-electron chi connectivity index (χ1n) is 9.78. The van der Waals surface area contributed by atoms with E-state index < -0.39 is 0 Å². The van der Waals surface area contributed by atoms with Gasteiger partial charge in [0.05, 0.1) is 19.9 Å². The van der Waals surface area contributed by atoms with Crippen LogP contribution in [0, 0.1) is 0 Å². The summed E-state index contributed by atoms with van der Waals surface area (Å²) in [6.45, 7) is 1.99. The van der Waals surface area contributed by atoms with Crippen LogP contribution >= 0.6 is 11.3 Å². The van der Waals surface area contributed by atoms with Gasteiger partial charge in [0.2, 0.25) is 11.8 Å². The van der Waals surface area contributed by atoms with Crippen molar-refractivity contribution in [3.05, 3.63) is 59.0 Å². The quantitative estimate of drug-likeness (QED) is 0.525. The third kappa shape index (κ3) is 6.55. The third-order valence-electron chi connectivity index (χ3n) is 4.59. The zero-order valence-electron chi connectivity index (χ0n) is 17.7. The highest BCUT2D eigenvalue weighted by Crippen LogP contribution is 2.26. The van der Waals surface area contributed by atoms with Gasteiger partial charge in [0.1, 0.15) is 11.5 Å². The summed E-state index contributed by atoms with van der Waals surface area (Å²) in [6, 6.07) is 13.4. The number of nitrogens with one attached hydrogen (secondary N) is 2. The molecule has 0 atom stereocenters. The first kappa shape index (κ1) is 22.3. The van der Waals surface area contributed by atoms with Crippen molar-refractivity contribution in [1.29, 1.82) is 0 Å². The van der Waals surface area contributed by atoms with E-state index in [1.165, 1.54) is 18.3 Å². The molecule has 1 aromatic heterocycles. The fraction of sp³-hybridized carbons (Fsp3) is 0.261. The summed E-state index contributed by atoms with van der Waals surface area (Å²) in [4.78, 5) is 27.9. The summed E-state index contributed by atoms with van der Waals surface area (Å²) in [5.41, 5.74) is 3.72. The molecule has 3 aromatic rings. The molecule has 1 heterocycles. The molecule has 0 saturated heterocycles. The second kappa shape index (κ2) is 10.6. The maximum absolute atomic E-state index is 12.4. The SMILES string of the molecule is COc1cc(CCC(=O)Nc2nc(-c3ccc(CNC(C)=O)cc3)cs2)cc(OC)c1. The molecule has 0 aliphatic carbocycles. The summed E-state index contributed by atoms with van der Waals surface area (Å²) >= 11 is 1.38. The van der Waals surface area contributed by atoms with Crippen molar-refractivity contribution in [2.45, 2.75) is 26.3 Å². The predicted molar refractivity (Wildman–Crippen MR) is 122 cm³/mol. The van der Waals surface area contributed by atoms with Crippen molar-refractivity contribution in [3.63, 3.8) is 0 Å². The van der Waals surface area contributed by atoms with Crippen molar-refractivity contribution in [2.75, 3.05) is 19.5 Å². The van der Waals surface area contributed by atoms with Gasteiger partial charge in [-0.1, -0.05) is 24.3 Å². The lowest BCUT2D eigenvalue weighted by atomic mass is 10.1. The fourth-order valence-electron chi connectivity index (χ4n) is 2.93. The first-order valence-corrected chi connectivity index (χ1v) is 10.7. The number of carbonyl (C=O) groups excluding carboxylic acids is 2. The van der Waals surface area contributed by atoms with Crippen LogP contribution in [0.15, 0.2) is 47.8 Å². The first-order chi connectivity index (χ1) is 15.0. The van der Waals surface area contributed by atoms with Gasteiger partial charge in [0.25, 0.3) is 0 Å². The molecular formula is C23H25N3O4S. The van der Waals surface area contributed by atoms with E-state index in [1.54, 1.807) is 20.3 Å². The van der Waals surface area contributed by atoms with Crippen LogP contribution in [0.25, 0.3) is 11.3 Å². The molecule has 31 heavy (non-hydrogen) atoms. The van der Waals surface area contributed by atoms with Crippen molar-refractivity contribution < 1.29 is 19.1 Å². The number of carbonyl (C=O) groups is 2. The summed E-state index contributed by atoms with van der Waals surface area (Å²) in [5, 5.41) is 8.10. The van der Waals surface area contributed by atoms with Crippen molar-refractivity contribution in [2.24, 2.45) is 0 Å². The molecule has 2 aromatic carbocycles. The van der Waals surface area contributed by atoms with Crippen molar-refractivity contribution >= 4 is 28.3 Å². The summed E-state index contributed by atoms with van der Waals surface area (Å²) in [5.74, 6) is 1.23. The lowest BCUT2D eigenvalue weighted by Crippen LogP contribution is -2.18. The van der Waals surface area contributed by atoms with Crippen LogP contribution in [0.5, 0.6) is 11.5 Å². The van der Waals surface area contributed by atoms with Gasteiger partial charge in [-0.25, -0.2) is 4.98 Å². The van der Waals surface area contributed by atoms with Crippen LogP contribution in [0.4, 0.5) is 5.13 Å². The summed E-state index contributed by atoms with van der Waals surface area (Å²) < 4.78 is 10.5. The lowest BCUT2D eigenvalue weighted by molar-refractivity contribution is -0.119. The van der Waals surface area contributed by atoms with E-state index in [2.05, 4.69) is 15.6 Å². The lowest BCUT2D eigenvalue weighted by Gasteiger charge is -2.08. The highest BCUT2D eigenvalue weighted by atomic mass is 32.1. The number of aryl methyl sites for hydroxylation is 1. The highest BCUT2D eigenvalue weighted by molar-refractivity contribution is 7.14. The predicted octanol–water partition coefficient (Wildman–Crippen LogP) is 4.03. The Morgan fingerprint density at radius 2 is 1.68 bits per heavy atom. The molecule has 0 fully saturated rings. The molecule has 7 nitrogen and oxygen atoms in total. The number of anilines is 1. The molecule has 2 N–H and O–H groups in total. The highest BCUT2D eigenvalue weighted by Gasteiger charge is 2.10. The van der Waals surface area contributed by atoms with E-state index in [9.17, 15) is 9.59 Å². The van der Waals surface area contributed by atoms with Gasteiger partial charge in [-0.2, -0.15) is 0 Å². The molecule has 0 radical (unpaired) electrons. The molecule has 0 unspecified atom stereocenters. The molecule has 0 saturated carbocycles. The van der Waals surface area contributed by atoms with Crippen LogP contribution in [0.2, 0.25) is 0 Å². The van der Waals surface area contributed by atoms with Gasteiger partial charge < -0.3 is 20.1 Å². The Hall–Kier alpha value is -3.39. The van der Waals surface area contributed by atoms with E-state index >= 15 is 0 Å². The number of aromatic nitrogens is 1. The third-order valence-corrected chi connectivity index (χ3v) is 5.35. The minimum absolute atomic E-state index is 0.0606. The van der Waals surface area contributed by atoms with Crippen LogP contribution in [0.3, 0.4) is 0 Å². The number of amides is 2. The minimum Gasteiger partial charge on any atom is -0.497 e. The van der Waals surface area contributed by atoms with Gasteiger partial charge in [-0.3, -0.25) is 9.59 Å². The Labute approximate surface area is 185 Å². The van der Waals surface area contributed by atoms with E-state index in [1.807, 2.05) is 41.8 Å².